The topological polar surface area (TPSA) is 64.2 Å². The first-order valence-corrected chi connectivity index (χ1v) is 7.74. The molecule has 128 valence electrons. The van der Waals surface area contributed by atoms with Crippen molar-refractivity contribution in [2.45, 2.75) is 0 Å². The molecule has 0 aliphatic rings. The molecule has 3 rings (SSSR count). The van der Waals surface area contributed by atoms with E-state index < -0.39 is 0 Å². The van der Waals surface area contributed by atoms with Crippen LogP contribution in [0.5, 0.6) is 5.75 Å². The predicted molar refractivity (Wildman–Crippen MR) is 92.2 cm³/mol. The van der Waals surface area contributed by atoms with Crippen LogP contribution < -0.4 is 4.74 Å². The van der Waals surface area contributed by atoms with E-state index in [0.29, 0.717) is 42.3 Å². The minimum atomic E-state index is -0.337. The third-order valence-electron chi connectivity index (χ3n) is 3.65. The number of aromatic amines is 1. The van der Waals surface area contributed by atoms with Crippen LogP contribution in [0.2, 0.25) is 0 Å². The molecule has 6 heteroatoms. The van der Waals surface area contributed by atoms with Crippen LogP contribution in [0.15, 0.2) is 48.5 Å². The second-order valence-corrected chi connectivity index (χ2v) is 5.34. The smallest absolute Gasteiger partial charge is 0.168 e. The predicted octanol–water partition coefficient (Wildman–Crippen LogP) is 3.72. The van der Waals surface area contributed by atoms with Crippen molar-refractivity contribution in [1.82, 2.24) is 9.97 Å². The second-order valence-electron chi connectivity index (χ2n) is 5.34. The highest BCUT2D eigenvalue weighted by atomic mass is 19.1. The van der Waals surface area contributed by atoms with Gasteiger partial charge in [-0.2, -0.15) is 0 Å². The Kier molecular flexibility index (Phi) is 5.20. The molecule has 1 aromatic heterocycles. The van der Waals surface area contributed by atoms with Gasteiger partial charge in [-0.15, -0.1) is 0 Å². The zero-order valence-corrected chi connectivity index (χ0v) is 13.7. The molecule has 0 fully saturated rings. The van der Waals surface area contributed by atoms with Crippen molar-refractivity contribution in [3.8, 4) is 28.4 Å². The van der Waals surface area contributed by atoms with E-state index >= 15 is 0 Å². The third-order valence-corrected chi connectivity index (χ3v) is 3.65. The lowest BCUT2D eigenvalue weighted by atomic mass is 10.1. The molecule has 3 aromatic rings. The maximum Gasteiger partial charge on any atom is 0.168 e. The molecule has 0 atom stereocenters. The number of hydrogen-bond acceptors (Lipinski definition) is 4. The van der Waals surface area contributed by atoms with Gasteiger partial charge in [0.25, 0.3) is 0 Å². The van der Waals surface area contributed by atoms with Gasteiger partial charge in [0.2, 0.25) is 0 Å². The average molecular weight is 340 g/mol. The number of rotatable bonds is 7. The fourth-order valence-electron chi connectivity index (χ4n) is 2.39. The maximum atomic E-state index is 13.1. The van der Waals surface area contributed by atoms with Gasteiger partial charge in [-0.25, -0.2) is 9.37 Å². The van der Waals surface area contributed by atoms with E-state index in [9.17, 15) is 9.18 Å². The largest absolute Gasteiger partial charge is 0.491 e. The molecule has 0 radical (unpaired) electrons. The van der Waals surface area contributed by atoms with Gasteiger partial charge in [-0.05, 0) is 48.5 Å². The summed E-state index contributed by atoms with van der Waals surface area (Å²) in [5, 5.41) is 0. The van der Waals surface area contributed by atoms with Gasteiger partial charge >= 0.3 is 0 Å². The molecule has 0 amide bonds. The zero-order chi connectivity index (χ0) is 17.6. The van der Waals surface area contributed by atoms with E-state index in [1.165, 1.54) is 12.1 Å². The van der Waals surface area contributed by atoms with Gasteiger partial charge in [0.15, 0.2) is 6.29 Å². The number of aldehydes is 1. The maximum absolute atomic E-state index is 13.1. The van der Waals surface area contributed by atoms with Gasteiger partial charge in [0.1, 0.15) is 29.7 Å². The summed E-state index contributed by atoms with van der Waals surface area (Å²) in [5.41, 5.74) is 2.33. The number of carbonyl (C=O) groups is 1. The molecule has 5 nitrogen and oxygen atoms in total. The summed E-state index contributed by atoms with van der Waals surface area (Å²) in [5.74, 6) is 0.947. The number of aromatic nitrogens is 2. The number of methoxy groups -OCH3 is 1. The van der Waals surface area contributed by atoms with Crippen molar-refractivity contribution < 1.29 is 18.7 Å². The Morgan fingerprint density at radius 3 is 2.36 bits per heavy atom. The Labute approximate surface area is 144 Å². The van der Waals surface area contributed by atoms with E-state index in [-0.39, 0.29) is 5.82 Å². The van der Waals surface area contributed by atoms with Gasteiger partial charge in [-0.3, -0.25) is 4.79 Å². The number of imidazole rings is 1. The van der Waals surface area contributed by atoms with E-state index in [4.69, 9.17) is 9.47 Å². The molecule has 0 saturated carbocycles. The Morgan fingerprint density at radius 2 is 1.72 bits per heavy atom. The molecule has 0 aliphatic carbocycles. The number of nitrogens with zero attached hydrogens (tertiary/aromatic N) is 1. The summed E-state index contributed by atoms with van der Waals surface area (Å²) in [6.45, 7) is 0.990. The van der Waals surface area contributed by atoms with Gasteiger partial charge in [0, 0.05) is 18.2 Å². The third kappa shape index (κ3) is 3.92. The second kappa shape index (κ2) is 7.72. The normalized spacial score (nSPS) is 10.6. The van der Waals surface area contributed by atoms with Crippen LogP contribution >= 0.6 is 0 Å². The molecule has 0 bridgehead atoms. The van der Waals surface area contributed by atoms with Crippen LogP contribution in [0.4, 0.5) is 4.39 Å². The van der Waals surface area contributed by atoms with E-state index in [0.717, 1.165) is 11.3 Å². The van der Waals surface area contributed by atoms with Crippen LogP contribution in [0.3, 0.4) is 0 Å². The summed E-state index contributed by atoms with van der Waals surface area (Å²) in [6.07, 6.45) is 0.706. The van der Waals surface area contributed by atoms with Gasteiger partial charge in [0.05, 0.1) is 12.3 Å². The molecule has 0 spiro atoms. The minimum absolute atomic E-state index is 0.337. The lowest BCUT2D eigenvalue weighted by Gasteiger charge is -2.05. The van der Waals surface area contributed by atoms with Crippen molar-refractivity contribution in [2.75, 3.05) is 20.3 Å². The number of ether oxygens (including phenoxy) is 2. The van der Waals surface area contributed by atoms with Crippen molar-refractivity contribution in [1.29, 1.82) is 0 Å². The quantitative estimate of drug-likeness (QED) is 0.526. The van der Waals surface area contributed by atoms with Crippen molar-refractivity contribution in [3.63, 3.8) is 0 Å². The zero-order valence-electron chi connectivity index (χ0n) is 13.7. The molecule has 0 unspecified atom stereocenters. The lowest BCUT2D eigenvalue weighted by molar-refractivity contribution is 0.112. The van der Waals surface area contributed by atoms with E-state index in [1.54, 1.807) is 19.2 Å². The molecule has 0 aliphatic heterocycles. The molecule has 2 aromatic carbocycles. The van der Waals surface area contributed by atoms with E-state index in [1.807, 2.05) is 24.3 Å². The number of carbonyl (C=O) groups excluding carboxylic acids is 1. The molecule has 0 saturated heterocycles. The first kappa shape index (κ1) is 16.9. The van der Waals surface area contributed by atoms with Crippen LogP contribution in [0.25, 0.3) is 22.6 Å². The monoisotopic (exact) mass is 340 g/mol. The number of H-pyrrole nitrogens is 1. The SMILES string of the molecule is COCCOc1ccc(-c2nc(-c3ccc(F)cc3)c(C=O)[nH]2)cc1. The average Bonchev–Trinajstić information content (AvgIpc) is 3.07. The first-order chi connectivity index (χ1) is 12.2. The summed E-state index contributed by atoms with van der Waals surface area (Å²) >= 11 is 0. The fraction of sp³-hybridized carbons (Fsp3) is 0.158. The number of nitrogens with one attached hydrogen (secondary N) is 1. The molecular formula is C19H17FN2O3. The highest BCUT2D eigenvalue weighted by molar-refractivity contribution is 5.85. The number of benzene rings is 2. The Bertz CT molecular complexity index is 842. The number of hydrogen-bond donors (Lipinski definition) is 1. The Morgan fingerprint density at radius 1 is 1.04 bits per heavy atom. The van der Waals surface area contributed by atoms with Crippen molar-refractivity contribution in [2.24, 2.45) is 0 Å². The Balaban J connectivity index is 1.85. The summed E-state index contributed by atoms with van der Waals surface area (Å²) in [7, 11) is 1.62. The first-order valence-electron chi connectivity index (χ1n) is 7.74. The van der Waals surface area contributed by atoms with Crippen molar-refractivity contribution >= 4 is 6.29 Å². The highest BCUT2D eigenvalue weighted by Crippen LogP contribution is 2.26. The molecule has 1 N–H and O–H groups in total. The van der Waals surface area contributed by atoms with E-state index in [2.05, 4.69) is 9.97 Å². The Hall–Kier alpha value is -2.99. The fourth-order valence-corrected chi connectivity index (χ4v) is 2.39. The standard InChI is InChI=1S/C19H17FN2O3/c1-24-10-11-25-16-8-4-14(5-9-16)19-21-17(12-23)18(22-19)13-2-6-15(20)7-3-13/h2-9,12H,10-11H2,1H3,(H,21,22). The van der Waals surface area contributed by atoms with Crippen LogP contribution in [-0.4, -0.2) is 36.6 Å². The molecular weight excluding hydrogens is 323 g/mol. The summed E-state index contributed by atoms with van der Waals surface area (Å²) < 4.78 is 23.5. The van der Waals surface area contributed by atoms with Gasteiger partial charge in [-0.1, -0.05) is 0 Å². The molecule has 1 heterocycles. The van der Waals surface area contributed by atoms with Crippen molar-refractivity contribution in [3.05, 3.63) is 60.0 Å². The minimum Gasteiger partial charge on any atom is -0.491 e. The lowest BCUT2D eigenvalue weighted by Crippen LogP contribution is -2.03. The van der Waals surface area contributed by atoms with Crippen LogP contribution in [-0.2, 0) is 4.74 Å². The number of halogens is 1. The molecule has 25 heavy (non-hydrogen) atoms. The summed E-state index contributed by atoms with van der Waals surface area (Å²) in [6, 6.07) is 13.2. The summed E-state index contributed by atoms with van der Waals surface area (Å²) in [4.78, 5) is 18.8. The van der Waals surface area contributed by atoms with Gasteiger partial charge < -0.3 is 14.5 Å². The van der Waals surface area contributed by atoms with Crippen LogP contribution in [0, 0.1) is 5.82 Å². The van der Waals surface area contributed by atoms with Crippen LogP contribution in [0.1, 0.15) is 10.5 Å². The highest BCUT2D eigenvalue weighted by Gasteiger charge is 2.13.